The van der Waals surface area contributed by atoms with Crippen LogP contribution in [0.1, 0.15) is 42.6 Å². The Morgan fingerprint density at radius 2 is 1.83 bits per heavy atom. The predicted octanol–water partition coefficient (Wildman–Crippen LogP) is 2.66. The van der Waals surface area contributed by atoms with Crippen molar-refractivity contribution in [2.75, 3.05) is 6.54 Å². The standard InChI is InChI=1S/C14H22N2O.ClH/c1-4-14(5-2,10-15)16-13(17)12-9-7-6-8-11(12)3;/h6-9H,4-5,10,15H2,1-3H3,(H,16,17);1H. The minimum absolute atomic E-state index is 0. The molecule has 1 aromatic rings. The van der Waals surface area contributed by atoms with Gasteiger partial charge in [0, 0.05) is 12.1 Å². The second kappa shape index (κ2) is 7.39. The molecular formula is C14H23ClN2O. The third-order valence-corrected chi connectivity index (χ3v) is 3.51. The number of benzene rings is 1. The number of nitrogens with two attached hydrogens (primary N) is 1. The number of amides is 1. The van der Waals surface area contributed by atoms with Crippen LogP contribution in [0.25, 0.3) is 0 Å². The van der Waals surface area contributed by atoms with Gasteiger partial charge in [0.1, 0.15) is 0 Å². The second-order valence-corrected chi connectivity index (χ2v) is 4.46. The number of hydrogen-bond donors (Lipinski definition) is 2. The van der Waals surface area contributed by atoms with E-state index in [0.717, 1.165) is 24.0 Å². The summed E-state index contributed by atoms with van der Waals surface area (Å²) >= 11 is 0. The first-order valence-corrected chi connectivity index (χ1v) is 6.16. The molecule has 4 heteroatoms. The molecule has 0 bridgehead atoms. The largest absolute Gasteiger partial charge is 0.345 e. The van der Waals surface area contributed by atoms with Crippen LogP contribution in [-0.2, 0) is 0 Å². The summed E-state index contributed by atoms with van der Waals surface area (Å²) in [5, 5.41) is 3.07. The van der Waals surface area contributed by atoms with Crippen molar-refractivity contribution in [2.45, 2.75) is 39.2 Å². The molecule has 0 atom stereocenters. The third-order valence-electron chi connectivity index (χ3n) is 3.51. The van der Waals surface area contributed by atoms with Crippen LogP contribution in [0, 0.1) is 6.92 Å². The molecule has 0 spiro atoms. The second-order valence-electron chi connectivity index (χ2n) is 4.46. The third kappa shape index (κ3) is 3.72. The first-order valence-electron chi connectivity index (χ1n) is 6.16. The Kier molecular flexibility index (Phi) is 6.96. The number of carbonyl (C=O) groups is 1. The monoisotopic (exact) mass is 270 g/mol. The molecule has 3 nitrogen and oxygen atoms in total. The van der Waals surface area contributed by atoms with Crippen LogP contribution < -0.4 is 11.1 Å². The number of nitrogens with one attached hydrogen (secondary N) is 1. The average Bonchev–Trinajstić information content (AvgIpc) is 2.36. The van der Waals surface area contributed by atoms with E-state index in [1.54, 1.807) is 0 Å². The predicted molar refractivity (Wildman–Crippen MR) is 78.3 cm³/mol. The Balaban J connectivity index is 0.00000289. The lowest BCUT2D eigenvalue weighted by molar-refractivity contribution is 0.0894. The quantitative estimate of drug-likeness (QED) is 0.864. The van der Waals surface area contributed by atoms with Gasteiger partial charge in [0.25, 0.3) is 5.91 Å². The van der Waals surface area contributed by atoms with Crippen LogP contribution >= 0.6 is 12.4 Å². The van der Waals surface area contributed by atoms with Crippen molar-refractivity contribution in [3.63, 3.8) is 0 Å². The highest BCUT2D eigenvalue weighted by atomic mass is 35.5. The molecule has 0 aliphatic heterocycles. The van der Waals surface area contributed by atoms with Gasteiger partial charge in [-0.25, -0.2) is 0 Å². The maximum absolute atomic E-state index is 12.2. The zero-order valence-corrected chi connectivity index (χ0v) is 12.1. The van der Waals surface area contributed by atoms with Crippen molar-refractivity contribution in [3.05, 3.63) is 35.4 Å². The smallest absolute Gasteiger partial charge is 0.252 e. The lowest BCUT2D eigenvalue weighted by Crippen LogP contribution is -2.53. The van der Waals surface area contributed by atoms with E-state index in [-0.39, 0.29) is 23.9 Å². The summed E-state index contributed by atoms with van der Waals surface area (Å²) in [5.41, 5.74) is 7.22. The molecule has 1 amide bonds. The highest BCUT2D eigenvalue weighted by Crippen LogP contribution is 2.15. The highest BCUT2D eigenvalue weighted by Gasteiger charge is 2.26. The molecule has 0 radical (unpaired) electrons. The van der Waals surface area contributed by atoms with Gasteiger partial charge in [0.15, 0.2) is 0 Å². The number of halogens is 1. The van der Waals surface area contributed by atoms with Gasteiger partial charge in [-0.1, -0.05) is 32.0 Å². The molecular weight excluding hydrogens is 248 g/mol. The van der Waals surface area contributed by atoms with Crippen LogP contribution in [0.5, 0.6) is 0 Å². The van der Waals surface area contributed by atoms with Gasteiger partial charge in [-0.3, -0.25) is 4.79 Å². The molecule has 0 fully saturated rings. The molecule has 0 aliphatic carbocycles. The van der Waals surface area contributed by atoms with Crippen molar-refractivity contribution in [1.82, 2.24) is 5.32 Å². The maximum Gasteiger partial charge on any atom is 0.252 e. The molecule has 102 valence electrons. The highest BCUT2D eigenvalue weighted by molar-refractivity contribution is 5.96. The van der Waals surface area contributed by atoms with Gasteiger partial charge in [0.05, 0.1) is 5.54 Å². The fourth-order valence-corrected chi connectivity index (χ4v) is 1.90. The van der Waals surface area contributed by atoms with E-state index in [9.17, 15) is 4.79 Å². The number of carbonyl (C=O) groups excluding carboxylic acids is 1. The van der Waals surface area contributed by atoms with Crippen LogP contribution in [-0.4, -0.2) is 18.0 Å². The molecule has 0 aromatic heterocycles. The van der Waals surface area contributed by atoms with Crippen LogP contribution in [0.4, 0.5) is 0 Å². The van der Waals surface area contributed by atoms with Gasteiger partial charge in [-0.05, 0) is 31.4 Å². The van der Waals surface area contributed by atoms with E-state index in [2.05, 4.69) is 19.2 Å². The minimum Gasteiger partial charge on any atom is -0.345 e. The fraction of sp³-hybridized carbons (Fsp3) is 0.500. The van der Waals surface area contributed by atoms with E-state index in [4.69, 9.17) is 5.73 Å². The zero-order valence-electron chi connectivity index (χ0n) is 11.3. The fourth-order valence-electron chi connectivity index (χ4n) is 1.90. The van der Waals surface area contributed by atoms with Gasteiger partial charge in [-0.2, -0.15) is 0 Å². The Morgan fingerprint density at radius 3 is 2.28 bits per heavy atom. The lowest BCUT2D eigenvalue weighted by atomic mass is 9.92. The lowest BCUT2D eigenvalue weighted by Gasteiger charge is -2.31. The van der Waals surface area contributed by atoms with Gasteiger partial charge in [0.2, 0.25) is 0 Å². The Hall–Kier alpha value is -1.06. The Morgan fingerprint density at radius 1 is 1.28 bits per heavy atom. The topological polar surface area (TPSA) is 55.1 Å². The molecule has 18 heavy (non-hydrogen) atoms. The van der Waals surface area contributed by atoms with Gasteiger partial charge in [-0.15, -0.1) is 12.4 Å². The summed E-state index contributed by atoms with van der Waals surface area (Å²) in [6.07, 6.45) is 1.69. The molecule has 0 saturated heterocycles. The number of aryl methyl sites for hydroxylation is 1. The van der Waals surface area contributed by atoms with E-state index in [1.807, 2.05) is 31.2 Å². The number of hydrogen-bond acceptors (Lipinski definition) is 2. The van der Waals surface area contributed by atoms with E-state index < -0.39 is 0 Å². The average molecular weight is 271 g/mol. The molecule has 3 N–H and O–H groups in total. The first-order chi connectivity index (χ1) is 8.08. The summed E-state index contributed by atoms with van der Waals surface area (Å²) in [5.74, 6) is -0.0303. The summed E-state index contributed by atoms with van der Waals surface area (Å²) < 4.78 is 0. The number of rotatable bonds is 5. The summed E-state index contributed by atoms with van der Waals surface area (Å²) in [7, 11) is 0. The van der Waals surface area contributed by atoms with Crippen LogP contribution in [0.15, 0.2) is 24.3 Å². The Labute approximate surface area is 116 Å². The molecule has 0 unspecified atom stereocenters. The van der Waals surface area contributed by atoms with E-state index >= 15 is 0 Å². The summed E-state index contributed by atoms with van der Waals surface area (Å²) in [4.78, 5) is 12.2. The maximum atomic E-state index is 12.2. The first kappa shape index (κ1) is 16.9. The molecule has 1 rings (SSSR count). The molecule has 1 aromatic carbocycles. The van der Waals surface area contributed by atoms with Crippen molar-refractivity contribution >= 4 is 18.3 Å². The Bertz CT molecular complexity index is 381. The summed E-state index contributed by atoms with van der Waals surface area (Å²) in [6.45, 7) is 6.51. The molecule has 0 saturated carbocycles. The molecule has 0 heterocycles. The van der Waals surface area contributed by atoms with Crippen LogP contribution in [0.2, 0.25) is 0 Å². The minimum atomic E-state index is -0.278. The van der Waals surface area contributed by atoms with Crippen molar-refractivity contribution in [3.8, 4) is 0 Å². The van der Waals surface area contributed by atoms with Crippen molar-refractivity contribution in [2.24, 2.45) is 5.73 Å². The van der Waals surface area contributed by atoms with Gasteiger partial charge >= 0.3 is 0 Å². The normalized spacial score (nSPS) is 10.7. The SMILES string of the molecule is CCC(CC)(CN)NC(=O)c1ccccc1C.Cl. The van der Waals surface area contributed by atoms with Crippen molar-refractivity contribution in [1.29, 1.82) is 0 Å². The van der Waals surface area contributed by atoms with E-state index in [0.29, 0.717) is 6.54 Å². The van der Waals surface area contributed by atoms with Gasteiger partial charge < -0.3 is 11.1 Å². The van der Waals surface area contributed by atoms with Crippen LogP contribution in [0.3, 0.4) is 0 Å². The molecule has 0 aliphatic rings. The zero-order chi connectivity index (χ0) is 12.9. The van der Waals surface area contributed by atoms with Crippen molar-refractivity contribution < 1.29 is 4.79 Å². The van der Waals surface area contributed by atoms with E-state index in [1.165, 1.54) is 0 Å². The summed E-state index contributed by atoms with van der Waals surface area (Å²) in [6, 6.07) is 7.60.